The van der Waals surface area contributed by atoms with Crippen LogP contribution in [0.3, 0.4) is 0 Å². The van der Waals surface area contributed by atoms with Crippen LogP contribution in [0.5, 0.6) is 0 Å². The number of hydrogen-bond acceptors (Lipinski definition) is 2. The molecule has 0 aliphatic heterocycles. The van der Waals surface area contributed by atoms with Gasteiger partial charge in [0.2, 0.25) is 0 Å². The molecule has 1 unspecified atom stereocenters. The van der Waals surface area contributed by atoms with Crippen molar-refractivity contribution in [3.05, 3.63) is 12.2 Å². The Morgan fingerprint density at radius 3 is 2.50 bits per heavy atom. The molecule has 0 rings (SSSR count). The maximum absolute atomic E-state index is 10.7. The molecule has 0 saturated heterocycles. The third kappa shape index (κ3) is 4.68. The average molecular weight is 165 g/mol. The minimum atomic E-state index is 0.180. The van der Waals surface area contributed by atoms with Crippen LogP contribution in [-0.2, 0) is 4.79 Å². The number of hydrogen-bond donors (Lipinski definition) is 0. The number of rotatable bonds is 5. The first kappa shape index (κ1) is 10.9. The smallest absolute Gasteiger partial charge is 0.129 e. The molecule has 0 heterocycles. The molecule has 0 amide bonds. The summed E-state index contributed by atoms with van der Waals surface area (Å²) >= 11 is 0. The number of carbonyl (C=O) groups is 1. The monoisotopic (exact) mass is 165 g/mol. The van der Waals surface area contributed by atoms with Gasteiger partial charge in [-0.3, -0.25) is 0 Å². The fraction of sp³-hybridized carbons (Fsp3) is 0.600. The zero-order valence-electron chi connectivity index (χ0n) is 7.76. The van der Waals surface area contributed by atoms with Gasteiger partial charge in [0.1, 0.15) is 5.78 Å². The first-order valence-electron chi connectivity index (χ1n) is 4.09. The normalized spacial score (nSPS) is 11.8. The fourth-order valence-electron chi connectivity index (χ4n) is 1.01. The molecule has 2 heteroatoms. The summed E-state index contributed by atoms with van der Waals surface area (Å²) in [6.45, 7) is 7.27. The van der Waals surface area contributed by atoms with Gasteiger partial charge < -0.3 is 4.79 Å². The predicted octanol–water partition coefficient (Wildman–Crippen LogP) is 2.46. The van der Waals surface area contributed by atoms with Gasteiger partial charge in [-0.15, -0.1) is 0 Å². The second-order valence-electron chi connectivity index (χ2n) is 3.15. The number of allylic oxidation sites excluding steroid dienone is 1. The van der Waals surface area contributed by atoms with E-state index in [1.807, 2.05) is 6.92 Å². The Bertz CT molecular complexity index is 212. The van der Waals surface area contributed by atoms with Crippen LogP contribution in [0, 0.1) is 17.2 Å². The Labute approximate surface area is 73.9 Å². The van der Waals surface area contributed by atoms with E-state index in [4.69, 9.17) is 5.26 Å². The van der Waals surface area contributed by atoms with E-state index >= 15 is 0 Å². The topological polar surface area (TPSA) is 40.9 Å². The van der Waals surface area contributed by atoms with Gasteiger partial charge in [0.25, 0.3) is 0 Å². The van der Waals surface area contributed by atoms with E-state index in [9.17, 15) is 4.79 Å². The second-order valence-corrected chi connectivity index (χ2v) is 3.15. The largest absolute Gasteiger partial charge is 0.300 e. The van der Waals surface area contributed by atoms with Crippen molar-refractivity contribution in [2.24, 2.45) is 5.92 Å². The molecule has 2 nitrogen and oxygen atoms in total. The zero-order valence-corrected chi connectivity index (χ0v) is 7.76. The Morgan fingerprint density at radius 2 is 2.17 bits per heavy atom. The molecule has 0 aliphatic carbocycles. The van der Waals surface area contributed by atoms with Gasteiger partial charge in [0.15, 0.2) is 0 Å². The number of nitrogens with zero attached hydrogens (tertiary/aromatic N) is 1. The molecule has 66 valence electrons. The van der Waals surface area contributed by atoms with Crippen LogP contribution in [0.2, 0.25) is 0 Å². The van der Waals surface area contributed by atoms with Gasteiger partial charge in [-0.2, -0.15) is 5.26 Å². The highest BCUT2D eigenvalue weighted by molar-refractivity contribution is 5.75. The highest BCUT2D eigenvalue weighted by Gasteiger charge is 2.09. The number of ketones is 1. The summed E-state index contributed by atoms with van der Waals surface area (Å²) in [5.41, 5.74) is 0.998. The van der Waals surface area contributed by atoms with Crippen LogP contribution in [0.4, 0.5) is 0 Å². The SMILES string of the molecule is C=C(C)C(CC#N)CCC(C)=O. The van der Waals surface area contributed by atoms with Crippen molar-refractivity contribution < 1.29 is 4.79 Å². The Morgan fingerprint density at radius 1 is 1.58 bits per heavy atom. The molecule has 0 spiro atoms. The van der Waals surface area contributed by atoms with Gasteiger partial charge >= 0.3 is 0 Å². The molecule has 0 aromatic rings. The molecule has 12 heavy (non-hydrogen) atoms. The molecular formula is C10H15NO. The highest BCUT2D eigenvalue weighted by atomic mass is 16.1. The summed E-state index contributed by atoms with van der Waals surface area (Å²) < 4.78 is 0. The van der Waals surface area contributed by atoms with Crippen LogP contribution in [-0.4, -0.2) is 5.78 Å². The van der Waals surface area contributed by atoms with Crippen LogP contribution < -0.4 is 0 Å². The molecule has 0 aromatic heterocycles. The molecular weight excluding hydrogens is 150 g/mol. The fourth-order valence-corrected chi connectivity index (χ4v) is 1.01. The summed E-state index contributed by atoms with van der Waals surface area (Å²) in [5, 5.41) is 8.47. The lowest BCUT2D eigenvalue weighted by Gasteiger charge is -2.11. The van der Waals surface area contributed by atoms with Gasteiger partial charge in [-0.05, 0) is 26.2 Å². The summed E-state index contributed by atoms with van der Waals surface area (Å²) in [4.78, 5) is 10.7. The van der Waals surface area contributed by atoms with Crippen LogP contribution >= 0.6 is 0 Å². The van der Waals surface area contributed by atoms with Crippen LogP contribution in [0.25, 0.3) is 0 Å². The third-order valence-electron chi connectivity index (χ3n) is 1.88. The van der Waals surface area contributed by atoms with E-state index < -0.39 is 0 Å². The quantitative estimate of drug-likeness (QED) is 0.587. The Hall–Kier alpha value is -1.10. The molecule has 0 fully saturated rings. The lowest BCUT2D eigenvalue weighted by Crippen LogP contribution is -2.03. The van der Waals surface area contributed by atoms with Crippen LogP contribution in [0.15, 0.2) is 12.2 Å². The minimum absolute atomic E-state index is 0.180. The maximum atomic E-state index is 10.7. The van der Waals surface area contributed by atoms with Crippen LogP contribution in [0.1, 0.15) is 33.1 Å². The van der Waals surface area contributed by atoms with Crippen molar-refractivity contribution >= 4 is 5.78 Å². The molecule has 0 radical (unpaired) electrons. The number of nitriles is 1. The molecule has 0 N–H and O–H groups in total. The van der Waals surface area contributed by atoms with E-state index in [2.05, 4.69) is 12.6 Å². The lowest BCUT2D eigenvalue weighted by molar-refractivity contribution is -0.117. The molecule has 1 atom stereocenters. The standard InChI is InChI=1S/C10H15NO/c1-8(2)10(6-7-11)5-4-9(3)12/h10H,1,4-6H2,2-3H3. The highest BCUT2D eigenvalue weighted by Crippen LogP contribution is 2.18. The second kappa shape index (κ2) is 5.54. The van der Waals surface area contributed by atoms with Gasteiger partial charge in [0.05, 0.1) is 6.07 Å². The van der Waals surface area contributed by atoms with Crippen molar-refractivity contribution in [2.45, 2.75) is 33.1 Å². The van der Waals surface area contributed by atoms with Gasteiger partial charge in [0, 0.05) is 12.8 Å². The van der Waals surface area contributed by atoms with Crippen molar-refractivity contribution in [3.63, 3.8) is 0 Å². The van der Waals surface area contributed by atoms with E-state index in [1.54, 1.807) is 6.92 Å². The molecule has 0 saturated carbocycles. The van der Waals surface area contributed by atoms with E-state index in [1.165, 1.54) is 0 Å². The van der Waals surface area contributed by atoms with E-state index in [-0.39, 0.29) is 11.7 Å². The first-order chi connectivity index (χ1) is 5.57. The van der Waals surface area contributed by atoms with Gasteiger partial charge in [-0.1, -0.05) is 12.2 Å². The van der Waals surface area contributed by atoms with Gasteiger partial charge in [-0.25, -0.2) is 0 Å². The van der Waals surface area contributed by atoms with E-state index in [0.29, 0.717) is 12.8 Å². The average Bonchev–Trinajstić information content (AvgIpc) is 1.96. The molecule has 0 aliphatic rings. The van der Waals surface area contributed by atoms with Crippen molar-refractivity contribution in [3.8, 4) is 6.07 Å². The predicted molar refractivity (Wildman–Crippen MR) is 48.4 cm³/mol. The lowest BCUT2D eigenvalue weighted by atomic mass is 9.93. The Balaban J connectivity index is 3.89. The molecule has 0 bridgehead atoms. The first-order valence-corrected chi connectivity index (χ1v) is 4.09. The number of Topliss-reactive ketones (excluding diaryl/α,β-unsaturated/α-hetero) is 1. The third-order valence-corrected chi connectivity index (χ3v) is 1.88. The minimum Gasteiger partial charge on any atom is -0.300 e. The summed E-state index contributed by atoms with van der Waals surface area (Å²) in [5.74, 6) is 0.373. The van der Waals surface area contributed by atoms with Crippen molar-refractivity contribution in [1.29, 1.82) is 5.26 Å². The molecule has 0 aromatic carbocycles. The summed E-state index contributed by atoms with van der Waals surface area (Å²) in [7, 11) is 0. The van der Waals surface area contributed by atoms with E-state index in [0.717, 1.165) is 12.0 Å². The van der Waals surface area contributed by atoms with Crippen molar-refractivity contribution in [1.82, 2.24) is 0 Å². The number of carbonyl (C=O) groups excluding carboxylic acids is 1. The summed E-state index contributed by atoms with van der Waals surface area (Å²) in [6, 6.07) is 2.10. The zero-order chi connectivity index (χ0) is 9.56. The maximum Gasteiger partial charge on any atom is 0.129 e. The Kier molecular flexibility index (Phi) is 5.03. The summed E-state index contributed by atoms with van der Waals surface area (Å²) in [6.07, 6.45) is 1.79. The van der Waals surface area contributed by atoms with Crippen molar-refractivity contribution in [2.75, 3.05) is 0 Å².